The molecule has 0 aliphatic rings. The number of hydrogen-bond acceptors (Lipinski definition) is 4. The van der Waals surface area contributed by atoms with Crippen molar-refractivity contribution in [1.29, 1.82) is 0 Å². The summed E-state index contributed by atoms with van der Waals surface area (Å²) in [6.07, 6.45) is -0.472. The van der Waals surface area contributed by atoms with E-state index in [9.17, 15) is 9.59 Å². The summed E-state index contributed by atoms with van der Waals surface area (Å²) in [5.74, 6) is 1.18. The molecule has 6 heteroatoms. The van der Waals surface area contributed by atoms with Crippen molar-refractivity contribution in [3.05, 3.63) is 35.9 Å². The monoisotopic (exact) mass is 324 g/mol. The van der Waals surface area contributed by atoms with Crippen LogP contribution >= 0.6 is 11.8 Å². The molecule has 0 aromatic heterocycles. The zero-order valence-corrected chi connectivity index (χ0v) is 14.2. The highest BCUT2D eigenvalue weighted by atomic mass is 32.2. The quantitative estimate of drug-likeness (QED) is 0.757. The smallest absolute Gasteiger partial charge is 0.407 e. The van der Waals surface area contributed by atoms with Crippen LogP contribution in [0, 0.1) is 0 Å². The molecule has 0 spiro atoms. The standard InChI is InChI=1S/C16H24N2O3S/c1-16(2,3)21-15(20)18-10-9-17-14(19)12-22-11-13-7-5-4-6-8-13/h4-8H,9-12H2,1-3H3,(H,17,19)(H,18,20). The molecule has 0 radical (unpaired) electrons. The van der Waals surface area contributed by atoms with Crippen LogP contribution in [-0.4, -0.2) is 36.4 Å². The number of hydrogen-bond donors (Lipinski definition) is 2. The SMILES string of the molecule is CC(C)(C)OC(=O)NCCNC(=O)CSCc1ccccc1. The second-order valence-electron chi connectivity index (χ2n) is 5.76. The van der Waals surface area contributed by atoms with E-state index in [-0.39, 0.29) is 5.91 Å². The minimum absolute atomic E-state index is 0.0353. The highest BCUT2D eigenvalue weighted by molar-refractivity contribution is 7.99. The van der Waals surface area contributed by atoms with E-state index in [1.807, 2.05) is 30.3 Å². The molecule has 0 atom stereocenters. The topological polar surface area (TPSA) is 67.4 Å². The van der Waals surface area contributed by atoms with Crippen LogP contribution in [0.3, 0.4) is 0 Å². The van der Waals surface area contributed by atoms with Gasteiger partial charge in [-0.05, 0) is 26.3 Å². The van der Waals surface area contributed by atoms with Crippen LogP contribution in [0.15, 0.2) is 30.3 Å². The van der Waals surface area contributed by atoms with Crippen molar-refractivity contribution in [2.24, 2.45) is 0 Å². The molecule has 22 heavy (non-hydrogen) atoms. The number of rotatable bonds is 7. The Morgan fingerprint density at radius 3 is 2.36 bits per heavy atom. The Balaban J connectivity index is 2.05. The maximum Gasteiger partial charge on any atom is 0.407 e. The molecule has 0 bridgehead atoms. The van der Waals surface area contributed by atoms with Crippen LogP contribution in [0.1, 0.15) is 26.3 Å². The van der Waals surface area contributed by atoms with Crippen molar-refractivity contribution >= 4 is 23.8 Å². The number of ether oxygens (including phenoxy) is 1. The Kier molecular flexibility index (Phi) is 7.80. The molecule has 0 saturated carbocycles. The molecule has 1 rings (SSSR count). The summed E-state index contributed by atoms with van der Waals surface area (Å²) in [5.41, 5.74) is 0.688. The summed E-state index contributed by atoms with van der Waals surface area (Å²) < 4.78 is 5.09. The summed E-state index contributed by atoms with van der Waals surface area (Å²) >= 11 is 1.56. The van der Waals surface area contributed by atoms with E-state index in [2.05, 4.69) is 10.6 Å². The molecule has 0 fully saturated rings. The van der Waals surface area contributed by atoms with E-state index in [1.54, 1.807) is 32.5 Å². The molecular formula is C16H24N2O3S. The van der Waals surface area contributed by atoms with Crippen LogP contribution in [0.2, 0.25) is 0 Å². The summed E-state index contributed by atoms with van der Waals surface area (Å²) in [6.45, 7) is 6.16. The predicted molar refractivity (Wildman–Crippen MR) is 89.9 cm³/mol. The fraction of sp³-hybridized carbons (Fsp3) is 0.500. The van der Waals surface area contributed by atoms with Gasteiger partial charge in [0.25, 0.3) is 0 Å². The number of thioether (sulfide) groups is 1. The zero-order chi connectivity index (χ0) is 16.4. The molecule has 0 unspecified atom stereocenters. The summed E-state index contributed by atoms with van der Waals surface area (Å²) in [5, 5.41) is 5.35. The van der Waals surface area contributed by atoms with E-state index in [0.717, 1.165) is 5.75 Å². The number of benzene rings is 1. The Hall–Kier alpha value is -1.69. The lowest BCUT2D eigenvalue weighted by atomic mass is 10.2. The van der Waals surface area contributed by atoms with Crippen molar-refractivity contribution in [2.75, 3.05) is 18.8 Å². The molecule has 1 aromatic carbocycles. The van der Waals surface area contributed by atoms with E-state index >= 15 is 0 Å². The molecule has 2 amide bonds. The number of carbonyl (C=O) groups is 2. The van der Waals surface area contributed by atoms with Crippen molar-refractivity contribution in [3.8, 4) is 0 Å². The van der Waals surface area contributed by atoms with Crippen LogP contribution in [0.4, 0.5) is 4.79 Å². The number of amides is 2. The largest absolute Gasteiger partial charge is 0.444 e. The number of alkyl carbamates (subject to hydrolysis) is 1. The van der Waals surface area contributed by atoms with E-state index in [1.165, 1.54) is 5.56 Å². The van der Waals surface area contributed by atoms with Crippen LogP contribution in [0.25, 0.3) is 0 Å². The van der Waals surface area contributed by atoms with Gasteiger partial charge in [0.2, 0.25) is 5.91 Å². The second-order valence-corrected chi connectivity index (χ2v) is 6.74. The van der Waals surface area contributed by atoms with Crippen molar-refractivity contribution in [3.63, 3.8) is 0 Å². The Morgan fingerprint density at radius 2 is 1.73 bits per heavy atom. The molecule has 0 saturated heterocycles. The molecule has 5 nitrogen and oxygen atoms in total. The first-order valence-electron chi connectivity index (χ1n) is 7.22. The van der Waals surface area contributed by atoms with Gasteiger partial charge in [0.1, 0.15) is 5.60 Å². The fourth-order valence-electron chi connectivity index (χ4n) is 1.57. The summed E-state index contributed by atoms with van der Waals surface area (Å²) in [7, 11) is 0. The highest BCUT2D eigenvalue weighted by Crippen LogP contribution is 2.10. The summed E-state index contributed by atoms with van der Waals surface area (Å²) in [6, 6.07) is 10.0. The van der Waals surface area contributed by atoms with Crippen molar-refractivity contribution in [1.82, 2.24) is 10.6 Å². The Bertz CT molecular complexity index is 472. The van der Waals surface area contributed by atoms with E-state index in [4.69, 9.17) is 4.74 Å². The van der Waals surface area contributed by atoms with Crippen LogP contribution in [0.5, 0.6) is 0 Å². The average Bonchev–Trinajstić information content (AvgIpc) is 2.43. The molecule has 0 heterocycles. The van der Waals surface area contributed by atoms with Crippen LogP contribution in [-0.2, 0) is 15.3 Å². The molecule has 122 valence electrons. The third-order valence-corrected chi connectivity index (χ3v) is 3.46. The minimum Gasteiger partial charge on any atom is -0.444 e. The zero-order valence-electron chi connectivity index (χ0n) is 13.3. The number of carbonyl (C=O) groups excluding carboxylic acids is 2. The van der Waals surface area contributed by atoms with Gasteiger partial charge in [0, 0.05) is 18.8 Å². The normalized spacial score (nSPS) is 10.9. The highest BCUT2D eigenvalue weighted by Gasteiger charge is 2.15. The lowest BCUT2D eigenvalue weighted by Gasteiger charge is -2.19. The van der Waals surface area contributed by atoms with Gasteiger partial charge in [-0.2, -0.15) is 0 Å². The first-order valence-corrected chi connectivity index (χ1v) is 8.37. The van der Waals surface area contributed by atoms with Crippen LogP contribution < -0.4 is 10.6 Å². The van der Waals surface area contributed by atoms with Gasteiger partial charge in [0.05, 0.1) is 5.75 Å². The van der Waals surface area contributed by atoms with Crippen molar-refractivity contribution in [2.45, 2.75) is 32.1 Å². The first kappa shape index (κ1) is 18.4. The van der Waals surface area contributed by atoms with Gasteiger partial charge in [-0.15, -0.1) is 11.8 Å². The van der Waals surface area contributed by atoms with E-state index < -0.39 is 11.7 Å². The molecular weight excluding hydrogens is 300 g/mol. The molecule has 0 aliphatic heterocycles. The van der Waals surface area contributed by atoms with E-state index in [0.29, 0.717) is 18.8 Å². The van der Waals surface area contributed by atoms with Gasteiger partial charge < -0.3 is 15.4 Å². The third-order valence-electron chi connectivity index (χ3n) is 2.46. The molecule has 2 N–H and O–H groups in total. The molecule has 0 aliphatic carbocycles. The lowest BCUT2D eigenvalue weighted by molar-refractivity contribution is -0.118. The van der Waals surface area contributed by atoms with Gasteiger partial charge in [0.15, 0.2) is 0 Å². The number of nitrogens with one attached hydrogen (secondary N) is 2. The third kappa shape index (κ3) is 9.28. The Morgan fingerprint density at radius 1 is 1.09 bits per heavy atom. The summed E-state index contributed by atoms with van der Waals surface area (Å²) in [4.78, 5) is 23.0. The maximum atomic E-state index is 11.6. The predicted octanol–water partition coefficient (Wildman–Crippen LogP) is 2.56. The van der Waals surface area contributed by atoms with Gasteiger partial charge in [-0.25, -0.2) is 4.79 Å². The van der Waals surface area contributed by atoms with Gasteiger partial charge in [-0.1, -0.05) is 30.3 Å². The second kappa shape index (κ2) is 9.35. The van der Waals surface area contributed by atoms with Gasteiger partial charge in [-0.3, -0.25) is 4.79 Å². The molecule has 1 aromatic rings. The Labute approximate surface area is 136 Å². The first-order chi connectivity index (χ1) is 10.4. The lowest BCUT2D eigenvalue weighted by Crippen LogP contribution is -2.38. The maximum absolute atomic E-state index is 11.6. The minimum atomic E-state index is -0.512. The van der Waals surface area contributed by atoms with Gasteiger partial charge >= 0.3 is 6.09 Å². The fourth-order valence-corrected chi connectivity index (χ4v) is 2.39. The van der Waals surface area contributed by atoms with Crippen molar-refractivity contribution < 1.29 is 14.3 Å². The average molecular weight is 324 g/mol.